The van der Waals surface area contributed by atoms with Crippen molar-refractivity contribution in [3.63, 3.8) is 0 Å². The molecule has 5 nitrogen and oxygen atoms in total. The van der Waals surface area contributed by atoms with Gasteiger partial charge >= 0.3 is 5.97 Å². The summed E-state index contributed by atoms with van der Waals surface area (Å²) in [5.74, 6) is 1.76. The Morgan fingerprint density at radius 3 is 2.11 bits per heavy atom. The average molecular weight is 383 g/mol. The van der Waals surface area contributed by atoms with Crippen molar-refractivity contribution >= 4 is 11.9 Å². The predicted octanol–water partition coefficient (Wildman–Crippen LogP) is 3.35. The topological polar surface area (TPSA) is 55.8 Å². The zero-order chi connectivity index (χ0) is 19.1. The highest BCUT2D eigenvalue weighted by Gasteiger charge is 2.56. The number of esters is 1. The van der Waals surface area contributed by atoms with Crippen molar-refractivity contribution in [3.05, 3.63) is 35.9 Å². The maximum Gasteiger partial charge on any atom is 0.313 e. The van der Waals surface area contributed by atoms with Gasteiger partial charge in [0.05, 0.1) is 18.6 Å². The zero-order valence-corrected chi connectivity index (χ0v) is 16.3. The molecular weight excluding hydrogens is 354 g/mol. The van der Waals surface area contributed by atoms with Crippen LogP contribution in [0.2, 0.25) is 0 Å². The van der Waals surface area contributed by atoms with Crippen LogP contribution in [-0.4, -0.2) is 43.1 Å². The Hall–Kier alpha value is -1.88. The lowest BCUT2D eigenvalue weighted by Crippen LogP contribution is -2.51. The Bertz CT molecular complexity index is 705. The van der Waals surface area contributed by atoms with Gasteiger partial charge in [0.25, 0.3) is 5.91 Å². The van der Waals surface area contributed by atoms with Gasteiger partial charge < -0.3 is 14.4 Å². The first kappa shape index (κ1) is 18.2. The molecule has 1 aromatic rings. The minimum Gasteiger partial charge on any atom is -0.447 e. The molecule has 0 aromatic heterocycles. The largest absolute Gasteiger partial charge is 0.447 e. The van der Waals surface area contributed by atoms with Crippen LogP contribution in [0.3, 0.4) is 0 Å². The van der Waals surface area contributed by atoms with Crippen LogP contribution in [-0.2, 0) is 19.1 Å². The van der Waals surface area contributed by atoms with Crippen LogP contribution in [0.5, 0.6) is 0 Å². The Kier molecular flexibility index (Phi) is 4.66. The summed E-state index contributed by atoms with van der Waals surface area (Å²) in [5, 5.41) is 0. The summed E-state index contributed by atoms with van der Waals surface area (Å²) < 4.78 is 11.4. The Labute approximate surface area is 166 Å². The molecule has 1 saturated heterocycles. The van der Waals surface area contributed by atoms with E-state index >= 15 is 0 Å². The predicted molar refractivity (Wildman–Crippen MR) is 103 cm³/mol. The van der Waals surface area contributed by atoms with E-state index in [-0.39, 0.29) is 17.3 Å². The quantitative estimate of drug-likeness (QED) is 0.749. The number of morpholine rings is 1. The lowest BCUT2D eigenvalue weighted by atomic mass is 9.49. The van der Waals surface area contributed by atoms with E-state index in [1.54, 1.807) is 4.90 Å². The Morgan fingerprint density at radius 1 is 0.964 bits per heavy atom. The molecule has 0 spiro atoms. The van der Waals surface area contributed by atoms with Gasteiger partial charge in [-0.15, -0.1) is 0 Å². The van der Waals surface area contributed by atoms with Crippen molar-refractivity contribution in [2.24, 2.45) is 23.2 Å². The molecule has 28 heavy (non-hydrogen) atoms. The van der Waals surface area contributed by atoms with Crippen LogP contribution in [0.1, 0.15) is 50.2 Å². The number of hydrogen-bond donors (Lipinski definition) is 0. The van der Waals surface area contributed by atoms with E-state index < -0.39 is 6.10 Å². The highest BCUT2D eigenvalue weighted by atomic mass is 16.6. The molecule has 0 N–H and O–H groups in total. The summed E-state index contributed by atoms with van der Waals surface area (Å²) in [6.07, 6.45) is 5.84. The van der Waals surface area contributed by atoms with Crippen LogP contribution in [0.15, 0.2) is 30.3 Å². The molecular formula is C23H29NO4. The molecule has 6 rings (SSSR count). The molecule has 1 aromatic carbocycles. The molecule has 4 aliphatic carbocycles. The SMILES string of the molecule is O=C([C@H](OC(=O)C12CC3CC(CC(C3)C1)C2)c1ccccc1)N1CCOCC1. The van der Waals surface area contributed by atoms with Crippen LogP contribution in [0.25, 0.3) is 0 Å². The van der Waals surface area contributed by atoms with Crippen LogP contribution >= 0.6 is 0 Å². The summed E-state index contributed by atoms with van der Waals surface area (Å²) in [6.45, 7) is 2.18. The molecule has 5 heteroatoms. The normalized spacial score (nSPS) is 34.9. The lowest BCUT2D eigenvalue weighted by Gasteiger charge is -2.55. The number of rotatable bonds is 4. The zero-order valence-electron chi connectivity index (χ0n) is 16.3. The van der Waals surface area contributed by atoms with Crippen molar-refractivity contribution in [3.8, 4) is 0 Å². The first-order chi connectivity index (χ1) is 13.6. The van der Waals surface area contributed by atoms with Gasteiger partial charge in [0, 0.05) is 18.7 Å². The van der Waals surface area contributed by atoms with E-state index in [4.69, 9.17) is 9.47 Å². The smallest absolute Gasteiger partial charge is 0.313 e. The summed E-state index contributed by atoms with van der Waals surface area (Å²) in [7, 11) is 0. The second-order valence-corrected chi connectivity index (χ2v) is 9.33. The number of carbonyl (C=O) groups excluding carboxylic acids is 2. The van der Waals surface area contributed by atoms with Gasteiger partial charge in [-0.3, -0.25) is 9.59 Å². The van der Waals surface area contributed by atoms with Crippen LogP contribution in [0, 0.1) is 23.2 Å². The van der Waals surface area contributed by atoms with Gasteiger partial charge in [-0.1, -0.05) is 30.3 Å². The number of hydrogen-bond acceptors (Lipinski definition) is 4. The molecule has 0 radical (unpaired) electrons. The van der Waals surface area contributed by atoms with Gasteiger partial charge in [-0.2, -0.15) is 0 Å². The number of ether oxygens (including phenoxy) is 2. The number of amides is 1. The molecule has 5 fully saturated rings. The molecule has 5 aliphatic rings. The van der Waals surface area contributed by atoms with Crippen LogP contribution < -0.4 is 0 Å². The monoisotopic (exact) mass is 383 g/mol. The highest BCUT2D eigenvalue weighted by Crippen LogP contribution is 2.60. The van der Waals surface area contributed by atoms with Crippen molar-refractivity contribution in [1.29, 1.82) is 0 Å². The molecule has 4 bridgehead atoms. The summed E-state index contributed by atoms with van der Waals surface area (Å²) in [5.41, 5.74) is 0.407. The van der Waals surface area contributed by atoms with E-state index in [1.165, 1.54) is 19.3 Å². The highest BCUT2D eigenvalue weighted by molar-refractivity contribution is 5.86. The minimum absolute atomic E-state index is 0.118. The molecule has 1 aliphatic heterocycles. The number of nitrogens with zero attached hydrogens (tertiary/aromatic N) is 1. The third kappa shape index (κ3) is 3.24. The maximum atomic E-state index is 13.4. The summed E-state index contributed by atoms with van der Waals surface area (Å²) in [6, 6.07) is 9.48. The van der Waals surface area contributed by atoms with Crippen molar-refractivity contribution < 1.29 is 19.1 Å². The summed E-state index contributed by atoms with van der Waals surface area (Å²) in [4.78, 5) is 28.5. The molecule has 1 heterocycles. The van der Waals surface area contributed by atoms with Crippen molar-refractivity contribution in [2.45, 2.75) is 44.6 Å². The van der Waals surface area contributed by atoms with Crippen LogP contribution in [0.4, 0.5) is 0 Å². The Morgan fingerprint density at radius 2 is 1.54 bits per heavy atom. The fourth-order valence-corrected chi connectivity index (χ4v) is 6.43. The van der Waals surface area contributed by atoms with Gasteiger partial charge in [0.1, 0.15) is 0 Å². The van der Waals surface area contributed by atoms with E-state index in [2.05, 4.69) is 0 Å². The van der Waals surface area contributed by atoms with Crippen molar-refractivity contribution in [2.75, 3.05) is 26.3 Å². The molecule has 150 valence electrons. The molecule has 0 unspecified atom stereocenters. The maximum absolute atomic E-state index is 13.4. The van der Waals surface area contributed by atoms with Crippen molar-refractivity contribution in [1.82, 2.24) is 4.90 Å². The standard InChI is InChI=1S/C23H29NO4/c25-21(24-6-8-27-9-7-24)20(19-4-2-1-3-5-19)28-22(26)23-13-16-10-17(14-23)12-18(11-16)15-23/h1-5,16-18,20H,6-15H2/t16?,17?,18?,20-,23?/m1/s1. The lowest BCUT2D eigenvalue weighted by molar-refractivity contribution is -0.182. The van der Waals surface area contributed by atoms with E-state index in [0.29, 0.717) is 44.1 Å². The fraction of sp³-hybridized carbons (Fsp3) is 0.652. The molecule has 4 saturated carbocycles. The molecule has 1 amide bonds. The fourth-order valence-electron chi connectivity index (χ4n) is 6.43. The van der Waals surface area contributed by atoms with E-state index in [9.17, 15) is 9.59 Å². The number of benzene rings is 1. The number of carbonyl (C=O) groups is 2. The first-order valence-corrected chi connectivity index (χ1v) is 10.8. The average Bonchev–Trinajstić information content (AvgIpc) is 2.71. The third-order valence-corrected chi connectivity index (χ3v) is 7.35. The van der Waals surface area contributed by atoms with E-state index in [0.717, 1.165) is 24.8 Å². The minimum atomic E-state index is -0.847. The van der Waals surface area contributed by atoms with E-state index in [1.807, 2.05) is 30.3 Å². The second kappa shape index (κ2) is 7.18. The Balaban J connectivity index is 1.38. The van der Waals surface area contributed by atoms with Gasteiger partial charge in [0.15, 0.2) is 0 Å². The van der Waals surface area contributed by atoms with Gasteiger partial charge in [-0.25, -0.2) is 0 Å². The third-order valence-electron chi connectivity index (χ3n) is 7.35. The second-order valence-electron chi connectivity index (χ2n) is 9.33. The first-order valence-electron chi connectivity index (χ1n) is 10.8. The summed E-state index contributed by atoms with van der Waals surface area (Å²) >= 11 is 0. The van der Waals surface area contributed by atoms with Gasteiger partial charge in [-0.05, 0) is 56.3 Å². The molecule has 1 atom stereocenters. The van der Waals surface area contributed by atoms with Gasteiger partial charge in [0.2, 0.25) is 6.10 Å².